The fraction of sp³-hybridized carbons (Fsp3) is 0.200. The number of carbonyl (C=O) groups is 4. The molecule has 1 N–H and O–H groups in total. The standard InChI is InChI=1S/C25H18ClF2N3O6/c1-30(14-8-13(26)9-16(10-14)36-24(27)28)25(35)37-15-7-12-3-2-4-18-21(12)17(11-15)23(34)31(18)19-5-6-20(32)29-22(19)33/h2-4,7-11,19,24H,5-6H2,1H3,(H,29,32,33). The van der Waals surface area contributed by atoms with Gasteiger partial charge < -0.3 is 9.47 Å². The van der Waals surface area contributed by atoms with Crippen LogP contribution in [0.2, 0.25) is 5.02 Å². The highest BCUT2D eigenvalue weighted by atomic mass is 35.5. The van der Waals surface area contributed by atoms with Crippen LogP contribution in [0.5, 0.6) is 11.5 Å². The molecule has 1 fully saturated rings. The number of ether oxygens (including phenoxy) is 2. The Hall–Kier alpha value is -4.25. The van der Waals surface area contributed by atoms with Gasteiger partial charge in [-0.05, 0) is 42.1 Å². The lowest BCUT2D eigenvalue weighted by Gasteiger charge is -2.30. The van der Waals surface area contributed by atoms with Crippen molar-refractivity contribution in [2.45, 2.75) is 25.5 Å². The van der Waals surface area contributed by atoms with Crippen LogP contribution >= 0.6 is 11.6 Å². The van der Waals surface area contributed by atoms with Gasteiger partial charge in [-0.2, -0.15) is 8.78 Å². The van der Waals surface area contributed by atoms with E-state index in [1.165, 1.54) is 36.2 Å². The van der Waals surface area contributed by atoms with Gasteiger partial charge in [0.2, 0.25) is 11.8 Å². The van der Waals surface area contributed by atoms with Crippen molar-refractivity contribution in [3.8, 4) is 11.5 Å². The van der Waals surface area contributed by atoms with Gasteiger partial charge in [-0.1, -0.05) is 23.7 Å². The topological polar surface area (TPSA) is 105 Å². The van der Waals surface area contributed by atoms with Crippen LogP contribution in [0, 0.1) is 0 Å². The first-order chi connectivity index (χ1) is 17.6. The first-order valence-corrected chi connectivity index (χ1v) is 11.4. The first-order valence-electron chi connectivity index (χ1n) is 11.1. The summed E-state index contributed by atoms with van der Waals surface area (Å²) in [7, 11) is 1.36. The Morgan fingerprint density at radius 3 is 2.65 bits per heavy atom. The van der Waals surface area contributed by atoms with Gasteiger partial charge in [0.15, 0.2) is 0 Å². The molecule has 4 amide bonds. The summed E-state index contributed by atoms with van der Waals surface area (Å²) in [6.07, 6.45) is -0.583. The highest BCUT2D eigenvalue weighted by molar-refractivity contribution is 6.31. The molecule has 3 aromatic carbocycles. The zero-order valence-electron chi connectivity index (χ0n) is 19.2. The monoisotopic (exact) mass is 529 g/mol. The van der Waals surface area contributed by atoms with E-state index in [-0.39, 0.29) is 40.6 Å². The largest absolute Gasteiger partial charge is 0.435 e. The van der Waals surface area contributed by atoms with E-state index in [9.17, 15) is 28.0 Å². The summed E-state index contributed by atoms with van der Waals surface area (Å²) in [6, 6.07) is 11.0. The molecule has 0 radical (unpaired) electrons. The molecule has 3 aromatic rings. The van der Waals surface area contributed by atoms with Gasteiger partial charge in [-0.15, -0.1) is 0 Å². The molecule has 190 valence electrons. The van der Waals surface area contributed by atoms with Crippen LogP contribution in [0.15, 0.2) is 48.5 Å². The Bertz CT molecular complexity index is 1480. The Morgan fingerprint density at radius 2 is 1.92 bits per heavy atom. The third kappa shape index (κ3) is 4.53. The number of halogens is 3. The van der Waals surface area contributed by atoms with Gasteiger partial charge in [0.05, 0.1) is 16.9 Å². The number of nitrogens with zero attached hydrogens (tertiary/aromatic N) is 2. The molecule has 1 unspecified atom stereocenters. The molecule has 37 heavy (non-hydrogen) atoms. The molecule has 2 aliphatic heterocycles. The fourth-order valence-corrected chi connectivity index (χ4v) is 4.69. The average Bonchev–Trinajstić information content (AvgIpc) is 3.10. The minimum Gasteiger partial charge on any atom is -0.435 e. The van der Waals surface area contributed by atoms with Crippen LogP contribution in [0.25, 0.3) is 10.8 Å². The third-order valence-corrected chi connectivity index (χ3v) is 6.32. The second kappa shape index (κ2) is 9.32. The molecule has 5 rings (SSSR count). The van der Waals surface area contributed by atoms with E-state index in [0.717, 1.165) is 4.90 Å². The maximum absolute atomic E-state index is 13.4. The summed E-state index contributed by atoms with van der Waals surface area (Å²) >= 11 is 5.97. The van der Waals surface area contributed by atoms with Gasteiger partial charge in [0.25, 0.3) is 5.91 Å². The van der Waals surface area contributed by atoms with Crippen molar-refractivity contribution >= 4 is 57.6 Å². The van der Waals surface area contributed by atoms with Crippen LogP contribution in [0.1, 0.15) is 23.2 Å². The Balaban J connectivity index is 1.43. The van der Waals surface area contributed by atoms with Gasteiger partial charge in [0, 0.05) is 29.9 Å². The number of alkyl halides is 2. The molecule has 2 heterocycles. The summed E-state index contributed by atoms with van der Waals surface area (Å²) in [6.45, 7) is -3.07. The van der Waals surface area contributed by atoms with E-state index in [0.29, 0.717) is 16.5 Å². The lowest BCUT2D eigenvalue weighted by molar-refractivity contribution is -0.134. The molecule has 1 saturated heterocycles. The smallest absolute Gasteiger partial charge is 0.419 e. The minimum atomic E-state index is -3.07. The predicted molar refractivity (Wildman–Crippen MR) is 129 cm³/mol. The van der Waals surface area contributed by atoms with Gasteiger partial charge in [-0.3, -0.25) is 29.5 Å². The molecular weight excluding hydrogens is 512 g/mol. The van der Waals surface area contributed by atoms with Crippen molar-refractivity contribution < 1.29 is 37.4 Å². The molecule has 0 saturated carbocycles. The molecule has 0 bridgehead atoms. The van der Waals surface area contributed by atoms with Crippen LogP contribution in [-0.2, 0) is 9.59 Å². The van der Waals surface area contributed by atoms with Crippen LogP contribution < -0.4 is 24.6 Å². The van der Waals surface area contributed by atoms with Gasteiger partial charge >= 0.3 is 12.7 Å². The van der Waals surface area contributed by atoms with E-state index < -0.39 is 36.5 Å². The number of amides is 4. The normalized spacial score (nSPS) is 16.8. The summed E-state index contributed by atoms with van der Waals surface area (Å²) < 4.78 is 35.1. The van der Waals surface area contributed by atoms with E-state index in [2.05, 4.69) is 10.1 Å². The molecular formula is C25H18ClF2N3O6. The van der Waals surface area contributed by atoms with Crippen molar-refractivity contribution in [1.29, 1.82) is 0 Å². The number of imide groups is 1. The van der Waals surface area contributed by atoms with Crippen molar-refractivity contribution in [3.63, 3.8) is 0 Å². The third-order valence-electron chi connectivity index (χ3n) is 6.11. The van der Waals surface area contributed by atoms with E-state index in [1.54, 1.807) is 24.3 Å². The maximum atomic E-state index is 13.4. The Labute approximate surface area is 213 Å². The van der Waals surface area contributed by atoms with E-state index in [4.69, 9.17) is 16.3 Å². The second-order valence-electron chi connectivity index (χ2n) is 8.44. The zero-order valence-corrected chi connectivity index (χ0v) is 19.9. The SMILES string of the molecule is CN(C(=O)Oc1cc2c3c(cccc3c1)N(C1CCC(=O)NC1=O)C2=O)c1cc(Cl)cc(OC(F)F)c1. The van der Waals surface area contributed by atoms with Crippen LogP contribution in [-0.4, -0.2) is 43.5 Å². The Kier molecular flexibility index (Phi) is 6.16. The highest BCUT2D eigenvalue weighted by Gasteiger charge is 2.41. The van der Waals surface area contributed by atoms with Crippen molar-refractivity contribution in [1.82, 2.24) is 5.32 Å². The van der Waals surface area contributed by atoms with Crippen molar-refractivity contribution in [3.05, 3.63) is 59.1 Å². The number of piperidine rings is 1. The molecule has 9 nitrogen and oxygen atoms in total. The number of hydrogen-bond donors (Lipinski definition) is 1. The second-order valence-corrected chi connectivity index (χ2v) is 8.88. The molecule has 12 heteroatoms. The van der Waals surface area contributed by atoms with Crippen LogP contribution in [0.3, 0.4) is 0 Å². The molecule has 0 spiro atoms. The van der Waals surface area contributed by atoms with Gasteiger partial charge in [0.1, 0.15) is 17.5 Å². The molecule has 2 aliphatic rings. The highest BCUT2D eigenvalue weighted by Crippen LogP contribution is 2.41. The van der Waals surface area contributed by atoms with Crippen molar-refractivity contribution in [2.24, 2.45) is 0 Å². The number of nitrogens with one attached hydrogen (secondary N) is 1. The summed E-state index contributed by atoms with van der Waals surface area (Å²) in [5.41, 5.74) is 0.895. The first kappa shape index (κ1) is 24.4. The number of carbonyl (C=O) groups excluding carboxylic acids is 4. The number of benzene rings is 3. The van der Waals surface area contributed by atoms with Crippen molar-refractivity contribution in [2.75, 3.05) is 16.8 Å². The minimum absolute atomic E-state index is 0.0565. The number of hydrogen-bond acceptors (Lipinski definition) is 6. The average molecular weight is 530 g/mol. The quantitative estimate of drug-likeness (QED) is 0.488. The van der Waals surface area contributed by atoms with Gasteiger partial charge in [-0.25, -0.2) is 4.79 Å². The summed E-state index contributed by atoms with van der Waals surface area (Å²) in [5.74, 6) is -1.59. The molecule has 1 atom stereocenters. The number of anilines is 2. The zero-order chi connectivity index (χ0) is 26.4. The summed E-state index contributed by atoms with van der Waals surface area (Å²) in [4.78, 5) is 52.7. The predicted octanol–water partition coefficient (Wildman–Crippen LogP) is 4.50. The van der Waals surface area contributed by atoms with E-state index >= 15 is 0 Å². The number of rotatable bonds is 5. The fourth-order valence-electron chi connectivity index (χ4n) is 4.47. The summed E-state index contributed by atoms with van der Waals surface area (Å²) in [5, 5.41) is 3.52. The lowest BCUT2D eigenvalue weighted by atomic mass is 10.0. The lowest BCUT2D eigenvalue weighted by Crippen LogP contribution is -2.53. The van der Waals surface area contributed by atoms with E-state index in [1.807, 2.05) is 0 Å². The molecule has 0 aliphatic carbocycles. The maximum Gasteiger partial charge on any atom is 0.419 e. The molecule has 0 aromatic heterocycles. The Morgan fingerprint density at radius 1 is 1.14 bits per heavy atom. The van der Waals surface area contributed by atoms with Crippen LogP contribution in [0.4, 0.5) is 25.0 Å².